The molecule has 0 N–H and O–H groups in total. The number of carbonyl (C=O) groups excluding carboxylic acids is 1. The first-order valence-electron chi connectivity index (χ1n) is 8.70. The highest BCUT2D eigenvalue weighted by atomic mass is 32.2. The van der Waals surface area contributed by atoms with Crippen LogP contribution in [0.25, 0.3) is 0 Å². The molecule has 1 unspecified atom stereocenters. The summed E-state index contributed by atoms with van der Waals surface area (Å²) in [5.41, 5.74) is 0.664. The lowest BCUT2D eigenvalue weighted by Crippen LogP contribution is -2.35. The number of nitrogens with zero attached hydrogens (tertiary/aromatic N) is 2. The van der Waals surface area contributed by atoms with Gasteiger partial charge in [-0.05, 0) is 31.9 Å². The number of ketones is 1. The van der Waals surface area contributed by atoms with E-state index in [2.05, 4.69) is 4.98 Å². The summed E-state index contributed by atoms with van der Waals surface area (Å²) in [6.07, 6.45) is 4.28. The van der Waals surface area contributed by atoms with Crippen LogP contribution in [0.2, 0.25) is 0 Å². The Morgan fingerprint density at radius 1 is 1.08 bits per heavy atom. The molecule has 0 amide bonds. The van der Waals surface area contributed by atoms with Crippen LogP contribution < -0.4 is 0 Å². The molecule has 1 saturated heterocycles. The number of benzene rings is 1. The third kappa shape index (κ3) is 4.34. The smallest absolute Gasteiger partial charge is 0.244 e. The van der Waals surface area contributed by atoms with E-state index in [0.717, 1.165) is 19.3 Å². The molecule has 26 heavy (non-hydrogen) atoms. The quantitative estimate of drug-likeness (QED) is 0.557. The van der Waals surface area contributed by atoms with Gasteiger partial charge in [-0.2, -0.15) is 4.31 Å². The van der Waals surface area contributed by atoms with Crippen molar-refractivity contribution < 1.29 is 13.2 Å². The summed E-state index contributed by atoms with van der Waals surface area (Å²) in [6, 6.07) is 12.4. The Hall–Kier alpha value is -1.70. The van der Waals surface area contributed by atoms with Crippen molar-refractivity contribution in [3.63, 3.8) is 0 Å². The molecule has 1 aromatic carbocycles. The standard InChI is InChI=1S/C19H22N2O3S2/c1-15(19(22)16-8-4-2-5-9-16)25-18-11-10-17(14-20-18)26(23,24)21-12-6-3-7-13-21/h2,4-5,8-11,14-15H,3,6-7,12-13H2,1H3. The van der Waals surface area contributed by atoms with E-state index in [4.69, 9.17) is 0 Å². The van der Waals surface area contributed by atoms with E-state index in [0.29, 0.717) is 23.7 Å². The van der Waals surface area contributed by atoms with Crippen LogP contribution in [-0.2, 0) is 10.0 Å². The number of hydrogen-bond acceptors (Lipinski definition) is 5. The van der Waals surface area contributed by atoms with Crippen LogP contribution in [0.5, 0.6) is 0 Å². The molecule has 0 aliphatic carbocycles. The largest absolute Gasteiger partial charge is 0.293 e. The zero-order valence-corrected chi connectivity index (χ0v) is 16.3. The number of aromatic nitrogens is 1. The molecule has 1 aliphatic heterocycles. The van der Waals surface area contributed by atoms with Gasteiger partial charge in [0.1, 0.15) is 4.90 Å². The summed E-state index contributed by atoms with van der Waals surface area (Å²) < 4.78 is 26.8. The molecule has 1 aromatic heterocycles. The predicted molar refractivity (Wildman–Crippen MR) is 103 cm³/mol. The van der Waals surface area contributed by atoms with E-state index in [9.17, 15) is 13.2 Å². The van der Waals surface area contributed by atoms with Crippen molar-refractivity contribution in [1.82, 2.24) is 9.29 Å². The van der Waals surface area contributed by atoms with Crippen molar-refractivity contribution in [2.24, 2.45) is 0 Å². The van der Waals surface area contributed by atoms with Crippen molar-refractivity contribution in [2.75, 3.05) is 13.1 Å². The minimum Gasteiger partial charge on any atom is -0.293 e. The number of piperidine rings is 1. The number of carbonyl (C=O) groups is 1. The predicted octanol–water partition coefficient (Wildman–Crippen LogP) is 3.62. The Morgan fingerprint density at radius 3 is 2.38 bits per heavy atom. The highest BCUT2D eigenvalue weighted by Gasteiger charge is 2.26. The van der Waals surface area contributed by atoms with Crippen molar-refractivity contribution >= 4 is 27.6 Å². The van der Waals surface area contributed by atoms with E-state index in [1.165, 1.54) is 22.3 Å². The zero-order chi connectivity index (χ0) is 18.6. The van der Waals surface area contributed by atoms with Gasteiger partial charge in [0.05, 0.1) is 10.3 Å². The van der Waals surface area contributed by atoms with Crippen molar-refractivity contribution in [3.8, 4) is 0 Å². The Balaban J connectivity index is 1.68. The molecular weight excluding hydrogens is 368 g/mol. The van der Waals surface area contributed by atoms with E-state index in [1.54, 1.807) is 24.3 Å². The molecule has 7 heteroatoms. The highest BCUT2D eigenvalue weighted by Crippen LogP contribution is 2.26. The van der Waals surface area contributed by atoms with Gasteiger partial charge in [-0.25, -0.2) is 13.4 Å². The fourth-order valence-electron chi connectivity index (χ4n) is 2.92. The van der Waals surface area contributed by atoms with Gasteiger partial charge in [0.25, 0.3) is 0 Å². The second kappa shape index (κ2) is 8.33. The van der Waals surface area contributed by atoms with Crippen LogP contribution in [0, 0.1) is 0 Å². The normalized spacial score (nSPS) is 17.0. The lowest BCUT2D eigenvalue weighted by atomic mass is 10.1. The van der Waals surface area contributed by atoms with E-state index >= 15 is 0 Å². The second-order valence-electron chi connectivity index (χ2n) is 6.29. The number of rotatable bonds is 6. The van der Waals surface area contributed by atoms with Crippen LogP contribution >= 0.6 is 11.8 Å². The van der Waals surface area contributed by atoms with E-state index < -0.39 is 10.0 Å². The SMILES string of the molecule is CC(Sc1ccc(S(=O)(=O)N2CCCCC2)cn1)C(=O)c1ccccc1. The fourth-order valence-corrected chi connectivity index (χ4v) is 5.24. The Labute approximate surface area is 158 Å². The summed E-state index contributed by atoms with van der Waals surface area (Å²) >= 11 is 1.33. The molecule has 1 atom stereocenters. The van der Waals surface area contributed by atoms with Gasteiger partial charge in [-0.15, -0.1) is 0 Å². The lowest BCUT2D eigenvalue weighted by molar-refractivity contribution is 0.0994. The molecule has 1 fully saturated rings. The maximum absolute atomic E-state index is 12.6. The zero-order valence-electron chi connectivity index (χ0n) is 14.7. The lowest BCUT2D eigenvalue weighted by Gasteiger charge is -2.25. The molecule has 0 saturated carbocycles. The number of pyridine rings is 1. The average molecular weight is 391 g/mol. The topological polar surface area (TPSA) is 67.3 Å². The Kier molecular flexibility index (Phi) is 6.11. The van der Waals surface area contributed by atoms with Gasteiger partial charge in [-0.3, -0.25) is 4.79 Å². The molecule has 0 radical (unpaired) electrons. The molecule has 138 valence electrons. The van der Waals surface area contributed by atoms with Crippen LogP contribution in [0.15, 0.2) is 58.6 Å². The fraction of sp³-hybridized carbons (Fsp3) is 0.368. The molecule has 3 rings (SSSR count). The van der Waals surface area contributed by atoms with Gasteiger partial charge >= 0.3 is 0 Å². The van der Waals surface area contributed by atoms with Crippen LogP contribution in [0.1, 0.15) is 36.5 Å². The second-order valence-corrected chi connectivity index (χ2v) is 9.59. The first-order chi connectivity index (χ1) is 12.5. The molecule has 5 nitrogen and oxygen atoms in total. The molecule has 0 spiro atoms. The van der Waals surface area contributed by atoms with Crippen molar-refractivity contribution in [1.29, 1.82) is 0 Å². The summed E-state index contributed by atoms with van der Waals surface area (Å²) in [5.74, 6) is 0.0300. The average Bonchev–Trinajstić information content (AvgIpc) is 2.69. The summed E-state index contributed by atoms with van der Waals surface area (Å²) in [6.45, 7) is 2.98. The first-order valence-corrected chi connectivity index (χ1v) is 11.0. The molecular formula is C19H22N2O3S2. The summed E-state index contributed by atoms with van der Waals surface area (Å²) in [5, 5.41) is 0.342. The molecule has 1 aliphatic rings. The monoisotopic (exact) mass is 390 g/mol. The van der Waals surface area contributed by atoms with E-state index in [1.807, 2.05) is 25.1 Å². The summed E-state index contributed by atoms with van der Waals surface area (Å²) in [7, 11) is -3.47. The molecule has 2 heterocycles. The van der Waals surface area contributed by atoms with Crippen LogP contribution in [0.4, 0.5) is 0 Å². The van der Waals surface area contributed by atoms with Crippen molar-refractivity contribution in [2.45, 2.75) is 41.4 Å². The molecule has 0 bridgehead atoms. The van der Waals surface area contributed by atoms with Gasteiger partial charge in [-0.1, -0.05) is 48.5 Å². The number of sulfonamides is 1. The number of hydrogen-bond donors (Lipinski definition) is 0. The van der Waals surface area contributed by atoms with Crippen LogP contribution in [-0.4, -0.2) is 41.8 Å². The maximum Gasteiger partial charge on any atom is 0.244 e. The third-order valence-corrected chi connectivity index (χ3v) is 7.32. The van der Waals surface area contributed by atoms with Gasteiger partial charge in [0.15, 0.2) is 5.78 Å². The van der Waals surface area contributed by atoms with E-state index in [-0.39, 0.29) is 15.9 Å². The van der Waals surface area contributed by atoms with Crippen molar-refractivity contribution in [3.05, 3.63) is 54.2 Å². The maximum atomic E-state index is 12.6. The third-order valence-electron chi connectivity index (χ3n) is 4.39. The van der Waals surface area contributed by atoms with Gasteiger partial charge in [0.2, 0.25) is 10.0 Å². The summed E-state index contributed by atoms with van der Waals surface area (Å²) in [4.78, 5) is 16.9. The highest BCUT2D eigenvalue weighted by molar-refractivity contribution is 8.00. The first kappa shape index (κ1) is 19.1. The van der Waals surface area contributed by atoms with Crippen LogP contribution in [0.3, 0.4) is 0 Å². The number of Topliss-reactive ketones (excluding diaryl/α,β-unsaturated/α-hetero) is 1. The minimum atomic E-state index is -3.47. The Morgan fingerprint density at radius 2 is 1.77 bits per heavy atom. The van der Waals surface area contributed by atoms with Gasteiger partial charge in [0, 0.05) is 24.8 Å². The minimum absolute atomic E-state index is 0.0300. The number of thioether (sulfide) groups is 1. The molecule has 2 aromatic rings. The van der Waals surface area contributed by atoms with Gasteiger partial charge < -0.3 is 0 Å². The Bertz CT molecular complexity index is 846.